The van der Waals surface area contributed by atoms with E-state index in [0.29, 0.717) is 18.2 Å². The Morgan fingerprint density at radius 2 is 1.86 bits per heavy atom. The highest BCUT2D eigenvalue weighted by molar-refractivity contribution is 7.22. The number of carbonyl (C=O) groups excluding carboxylic acids is 1. The van der Waals surface area contributed by atoms with Crippen molar-refractivity contribution >= 4 is 32.6 Å². The zero-order valence-electron chi connectivity index (χ0n) is 16.5. The minimum absolute atomic E-state index is 0.0247. The Balaban J connectivity index is 1.19. The summed E-state index contributed by atoms with van der Waals surface area (Å²) in [6.45, 7) is 2.67. The second kappa shape index (κ2) is 9.13. The van der Waals surface area contributed by atoms with E-state index in [0.717, 1.165) is 42.3 Å². The molecule has 0 radical (unpaired) electrons. The van der Waals surface area contributed by atoms with Crippen molar-refractivity contribution in [3.05, 3.63) is 48.5 Å². The third kappa shape index (κ3) is 4.98. The maximum atomic E-state index is 12.1. The van der Waals surface area contributed by atoms with Gasteiger partial charge in [0, 0.05) is 19.6 Å². The number of hydrogen-bond acceptors (Lipinski definition) is 6. The van der Waals surface area contributed by atoms with E-state index >= 15 is 0 Å². The van der Waals surface area contributed by atoms with Crippen molar-refractivity contribution < 1.29 is 14.3 Å². The number of benzene rings is 2. The predicted molar refractivity (Wildman–Crippen MR) is 116 cm³/mol. The third-order valence-electron chi connectivity index (χ3n) is 5.18. The first-order valence-corrected chi connectivity index (χ1v) is 10.7. The number of hydrogen-bond donors (Lipinski definition) is 1. The number of carbonyl (C=O) groups is 1. The zero-order valence-corrected chi connectivity index (χ0v) is 17.3. The summed E-state index contributed by atoms with van der Waals surface area (Å²) in [6, 6.07) is 15.5. The number of anilines is 1. The van der Waals surface area contributed by atoms with Crippen molar-refractivity contribution in [2.75, 3.05) is 38.3 Å². The lowest BCUT2D eigenvalue weighted by molar-refractivity contribution is -0.123. The predicted octanol–water partition coefficient (Wildman–Crippen LogP) is 3.72. The van der Waals surface area contributed by atoms with Crippen molar-refractivity contribution in [3.63, 3.8) is 0 Å². The summed E-state index contributed by atoms with van der Waals surface area (Å²) >= 11 is 1.75. The molecule has 0 spiro atoms. The summed E-state index contributed by atoms with van der Waals surface area (Å²) in [5.74, 6) is 1.82. The van der Waals surface area contributed by atoms with Crippen LogP contribution in [-0.4, -0.2) is 44.2 Å². The van der Waals surface area contributed by atoms with Gasteiger partial charge in [0.05, 0.1) is 17.3 Å². The molecule has 6 nitrogen and oxygen atoms in total. The van der Waals surface area contributed by atoms with Crippen molar-refractivity contribution in [1.29, 1.82) is 0 Å². The summed E-state index contributed by atoms with van der Waals surface area (Å²) < 4.78 is 11.9. The zero-order chi connectivity index (χ0) is 20.1. The lowest BCUT2D eigenvalue weighted by atomic mass is 9.97. The summed E-state index contributed by atoms with van der Waals surface area (Å²) in [5, 5.41) is 4.10. The molecule has 0 bridgehead atoms. The minimum Gasteiger partial charge on any atom is -0.497 e. The highest BCUT2D eigenvalue weighted by Crippen LogP contribution is 2.31. The summed E-state index contributed by atoms with van der Waals surface area (Å²) in [6.07, 6.45) is 2.10. The summed E-state index contributed by atoms with van der Waals surface area (Å²) in [7, 11) is 1.62. The molecule has 0 unspecified atom stereocenters. The Bertz CT molecular complexity index is 916. The summed E-state index contributed by atoms with van der Waals surface area (Å²) in [4.78, 5) is 19.2. The van der Waals surface area contributed by atoms with Gasteiger partial charge in [-0.15, -0.1) is 0 Å². The van der Waals surface area contributed by atoms with Gasteiger partial charge in [-0.1, -0.05) is 23.5 Å². The first kappa shape index (κ1) is 19.5. The van der Waals surface area contributed by atoms with Crippen LogP contribution in [-0.2, 0) is 4.79 Å². The molecule has 1 aromatic heterocycles. The second-order valence-electron chi connectivity index (χ2n) is 7.16. The molecule has 4 rings (SSSR count). The van der Waals surface area contributed by atoms with E-state index in [-0.39, 0.29) is 12.5 Å². The van der Waals surface area contributed by atoms with Gasteiger partial charge in [0.1, 0.15) is 11.5 Å². The van der Waals surface area contributed by atoms with Gasteiger partial charge in [-0.05, 0) is 55.2 Å². The topological polar surface area (TPSA) is 63.7 Å². The molecule has 1 aliphatic rings. The SMILES string of the molecule is COc1ccc(OCC(=O)NCC2CCN(c3nc4ccccc4s3)CC2)cc1. The van der Waals surface area contributed by atoms with E-state index < -0.39 is 0 Å². The van der Waals surface area contributed by atoms with Crippen LogP contribution in [0.5, 0.6) is 11.5 Å². The smallest absolute Gasteiger partial charge is 0.257 e. The standard InChI is InChI=1S/C22H25N3O3S/c1-27-17-6-8-18(9-7-17)28-15-21(26)23-14-16-10-12-25(13-11-16)22-24-19-4-2-3-5-20(19)29-22/h2-9,16H,10-15H2,1H3,(H,23,26). The summed E-state index contributed by atoms with van der Waals surface area (Å²) in [5.41, 5.74) is 1.07. The quantitative estimate of drug-likeness (QED) is 0.642. The molecule has 0 atom stereocenters. The number of piperidine rings is 1. The molecule has 2 aromatic carbocycles. The molecule has 29 heavy (non-hydrogen) atoms. The number of fused-ring (bicyclic) bond motifs is 1. The average molecular weight is 412 g/mol. The number of nitrogens with one attached hydrogen (secondary N) is 1. The molecule has 0 aliphatic carbocycles. The number of aromatic nitrogens is 1. The first-order chi connectivity index (χ1) is 14.2. The lowest BCUT2D eigenvalue weighted by Crippen LogP contribution is -2.39. The molecule has 1 amide bonds. The molecule has 7 heteroatoms. The molecule has 1 aliphatic heterocycles. The van der Waals surface area contributed by atoms with E-state index in [2.05, 4.69) is 28.4 Å². The van der Waals surface area contributed by atoms with Crippen LogP contribution in [0.25, 0.3) is 10.2 Å². The largest absolute Gasteiger partial charge is 0.497 e. The van der Waals surface area contributed by atoms with Crippen LogP contribution >= 0.6 is 11.3 Å². The number of amides is 1. The van der Waals surface area contributed by atoms with Crippen molar-refractivity contribution in [2.45, 2.75) is 12.8 Å². The van der Waals surface area contributed by atoms with Gasteiger partial charge in [0.2, 0.25) is 0 Å². The van der Waals surface area contributed by atoms with Gasteiger partial charge in [-0.25, -0.2) is 4.98 Å². The fraction of sp³-hybridized carbons (Fsp3) is 0.364. The van der Waals surface area contributed by atoms with Crippen LogP contribution in [0, 0.1) is 5.92 Å². The molecule has 152 valence electrons. The fourth-order valence-electron chi connectivity index (χ4n) is 3.45. The Hall–Kier alpha value is -2.80. The molecule has 0 saturated carbocycles. The van der Waals surface area contributed by atoms with Crippen LogP contribution in [0.1, 0.15) is 12.8 Å². The van der Waals surface area contributed by atoms with Crippen LogP contribution in [0.3, 0.4) is 0 Å². The van der Waals surface area contributed by atoms with Gasteiger partial charge >= 0.3 is 0 Å². The molecule has 1 N–H and O–H groups in total. The number of ether oxygens (including phenoxy) is 2. The normalized spacial score (nSPS) is 14.7. The van der Waals surface area contributed by atoms with E-state index in [1.165, 1.54) is 4.70 Å². The van der Waals surface area contributed by atoms with E-state index in [1.54, 1.807) is 30.6 Å². The maximum Gasteiger partial charge on any atom is 0.257 e. The number of thiazole rings is 1. The van der Waals surface area contributed by atoms with Gasteiger partial charge in [0.15, 0.2) is 11.7 Å². The van der Waals surface area contributed by atoms with E-state index in [9.17, 15) is 4.79 Å². The lowest BCUT2D eigenvalue weighted by Gasteiger charge is -2.31. The van der Waals surface area contributed by atoms with Gasteiger partial charge < -0.3 is 19.7 Å². The van der Waals surface area contributed by atoms with Crippen molar-refractivity contribution in [2.24, 2.45) is 5.92 Å². The van der Waals surface area contributed by atoms with Crippen LogP contribution < -0.4 is 19.7 Å². The molecular weight excluding hydrogens is 386 g/mol. The average Bonchev–Trinajstić information content (AvgIpc) is 3.21. The number of rotatable bonds is 7. The second-order valence-corrected chi connectivity index (χ2v) is 8.17. The first-order valence-electron chi connectivity index (χ1n) is 9.85. The molecule has 1 saturated heterocycles. The molecule has 1 fully saturated rings. The van der Waals surface area contributed by atoms with Crippen molar-refractivity contribution in [1.82, 2.24) is 10.3 Å². The highest BCUT2D eigenvalue weighted by atomic mass is 32.1. The number of para-hydroxylation sites is 1. The Kier molecular flexibility index (Phi) is 6.14. The minimum atomic E-state index is -0.0885. The van der Waals surface area contributed by atoms with Gasteiger partial charge in [-0.3, -0.25) is 4.79 Å². The number of methoxy groups -OCH3 is 1. The monoisotopic (exact) mass is 411 g/mol. The van der Waals surface area contributed by atoms with Crippen LogP contribution in [0.15, 0.2) is 48.5 Å². The molecular formula is C22H25N3O3S. The molecule has 2 heterocycles. The van der Waals surface area contributed by atoms with Crippen LogP contribution in [0.2, 0.25) is 0 Å². The third-order valence-corrected chi connectivity index (χ3v) is 6.28. The Labute approximate surface area is 174 Å². The van der Waals surface area contributed by atoms with Crippen LogP contribution in [0.4, 0.5) is 5.13 Å². The Morgan fingerprint density at radius 3 is 2.59 bits per heavy atom. The van der Waals surface area contributed by atoms with E-state index in [4.69, 9.17) is 14.5 Å². The number of nitrogens with zero attached hydrogens (tertiary/aromatic N) is 2. The highest BCUT2D eigenvalue weighted by Gasteiger charge is 2.22. The van der Waals surface area contributed by atoms with E-state index in [1.807, 2.05) is 18.2 Å². The maximum absolute atomic E-state index is 12.1. The van der Waals surface area contributed by atoms with Crippen molar-refractivity contribution in [3.8, 4) is 11.5 Å². The van der Waals surface area contributed by atoms with Gasteiger partial charge in [0.25, 0.3) is 5.91 Å². The Morgan fingerprint density at radius 1 is 1.14 bits per heavy atom. The molecule has 3 aromatic rings. The van der Waals surface area contributed by atoms with Gasteiger partial charge in [-0.2, -0.15) is 0 Å². The fourth-order valence-corrected chi connectivity index (χ4v) is 4.47.